The quantitative estimate of drug-likeness (QED) is 0.842. The van der Waals surface area contributed by atoms with E-state index in [1.54, 1.807) is 0 Å². The van der Waals surface area contributed by atoms with Crippen LogP contribution in [0.25, 0.3) is 0 Å². The Labute approximate surface area is 109 Å². The van der Waals surface area contributed by atoms with Crippen molar-refractivity contribution < 1.29 is 0 Å². The third kappa shape index (κ3) is 3.32. The van der Waals surface area contributed by atoms with Gasteiger partial charge < -0.3 is 5.73 Å². The molecule has 1 fully saturated rings. The maximum atomic E-state index is 6.31. The Balaban J connectivity index is 2.00. The maximum absolute atomic E-state index is 6.31. The summed E-state index contributed by atoms with van der Waals surface area (Å²) < 4.78 is 0. The summed E-state index contributed by atoms with van der Waals surface area (Å²) in [6.45, 7) is 7.12. The molecule has 1 aliphatic rings. The first kappa shape index (κ1) is 13.1. The van der Waals surface area contributed by atoms with Crippen molar-refractivity contribution in [3.05, 3.63) is 22.4 Å². The zero-order chi connectivity index (χ0) is 12.5. The normalized spacial score (nSPS) is 30.5. The van der Waals surface area contributed by atoms with E-state index in [2.05, 4.69) is 38.3 Å². The zero-order valence-corrected chi connectivity index (χ0v) is 12.1. The average molecular weight is 251 g/mol. The molecule has 1 aromatic rings. The van der Waals surface area contributed by atoms with E-state index >= 15 is 0 Å². The second-order valence-corrected chi connectivity index (χ2v) is 7.62. The van der Waals surface area contributed by atoms with Crippen LogP contribution in [0.4, 0.5) is 0 Å². The summed E-state index contributed by atoms with van der Waals surface area (Å²) in [5.74, 6) is 1.53. The maximum Gasteiger partial charge on any atom is 0.00708 e. The molecule has 0 aliphatic heterocycles. The van der Waals surface area contributed by atoms with Crippen LogP contribution in [0.1, 0.15) is 44.9 Å². The highest BCUT2D eigenvalue weighted by Gasteiger charge is 2.34. The molecule has 96 valence electrons. The average Bonchev–Trinajstić information content (AvgIpc) is 2.72. The van der Waals surface area contributed by atoms with Crippen LogP contribution in [0.15, 0.2) is 17.5 Å². The van der Waals surface area contributed by atoms with Crippen LogP contribution in [-0.2, 0) is 6.42 Å². The van der Waals surface area contributed by atoms with E-state index in [0.29, 0.717) is 17.4 Å². The Morgan fingerprint density at radius 2 is 2.12 bits per heavy atom. The van der Waals surface area contributed by atoms with Gasteiger partial charge in [0.2, 0.25) is 0 Å². The van der Waals surface area contributed by atoms with Gasteiger partial charge in [-0.25, -0.2) is 0 Å². The van der Waals surface area contributed by atoms with Crippen LogP contribution in [0.3, 0.4) is 0 Å². The minimum Gasteiger partial charge on any atom is -0.327 e. The summed E-state index contributed by atoms with van der Waals surface area (Å²) in [6.07, 6.45) is 5.01. The fourth-order valence-electron chi connectivity index (χ4n) is 3.00. The van der Waals surface area contributed by atoms with Crippen molar-refractivity contribution in [3.63, 3.8) is 0 Å². The first-order valence-corrected chi connectivity index (χ1v) is 7.62. The van der Waals surface area contributed by atoms with Crippen molar-refractivity contribution in [2.24, 2.45) is 23.0 Å². The van der Waals surface area contributed by atoms with Crippen LogP contribution in [0.5, 0.6) is 0 Å². The standard InChI is InChI=1S/C15H25NS/c1-15(2,3)12-6-7-14(16)11(9-12)10-13-5-4-8-17-13/h4-5,8,11-12,14H,6-7,9-10,16H2,1-3H3. The van der Waals surface area contributed by atoms with Crippen molar-refractivity contribution in [2.45, 2.75) is 52.5 Å². The van der Waals surface area contributed by atoms with E-state index in [1.165, 1.54) is 30.6 Å². The molecule has 0 saturated heterocycles. The number of hydrogen-bond donors (Lipinski definition) is 1. The van der Waals surface area contributed by atoms with Crippen LogP contribution in [0.2, 0.25) is 0 Å². The van der Waals surface area contributed by atoms with Crippen molar-refractivity contribution in [2.75, 3.05) is 0 Å². The number of thiophene rings is 1. The molecule has 2 N–H and O–H groups in total. The highest BCUT2D eigenvalue weighted by atomic mass is 32.1. The number of nitrogens with two attached hydrogens (primary N) is 1. The fraction of sp³-hybridized carbons (Fsp3) is 0.733. The molecule has 1 nitrogen and oxygen atoms in total. The third-order valence-corrected chi connectivity index (χ3v) is 5.21. The molecule has 1 saturated carbocycles. The lowest BCUT2D eigenvalue weighted by molar-refractivity contribution is 0.127. The van der Waals surface area contributed by atoms with Gasteiger partial charge in [-0.3, -0.25) is 0 Å². The SMILES string of the molecule is CC(C)(C)C1CCC(N)C(Cc2cccs2)C1. The second kappa shape index (κ2) is 5.11. The molecule has 17 heavy (non-hydrogen) atoms. The van der Waals surface area contributed by atoms with Gasteiger partial charge in [0, 0.05) is 10.9 Å². The third-order valence-electron chi connectivity index (χ3n) is 4.31. The van der Waals surface area contributed by atoms with Gasteiger partial charge in [-0.2, -0.15) is 0 Å². The van der Waals surface area contributed by atoms with Gasteiger partial charge in [0.25, 0.3) is 0 Å². The van der Waals surface area contributed by atoms with Gasteiger partial charge in [-0.05, 0) is 54.4 Å². The van der Waals surface area contributed by atoms with E-state index < -0.39 is 0 Å². The summed E-state index contributed by atoms with van der Waals surface area (Å²) in [7, 11) is 0. The zero-order valence-electron chi connectivity index (χ0n) is 11.3. The highest BCUT2D eigenvalue weighted by Crippen LogP contribution is 2.41. The topological polar surface area (TPSA) is 26.0 Å². The smallest absolute Gasteiger partial charge is 0.00708 e. The molecule has 1 heterocycles. The van der Waals surface area contributed by atoms with Crippen molar-refractivity contribution in [1.29, 1.82) is 0 Å². The summed E-state index contributed by atoms with van der Waals surface area (Å²) in [6, 6.07) is 4.81. The molecule has 2 rings (SSSR count). The molecule has 2 heteroatoms. The molecule has 0 amide bonds. The number of hydrogen-bond acceptors (Lipinski definition) is 2. The van der Waals surface area contributed by atoms with Gasteiger partial charge in [0.05, 0.1) is 0 Å². The Kier molecular flexibility index (Phi) is 3.94. The van der Waals surface area contributed by atoms with Crippen molar-refractivity contribution in [1.82, 2.24) is 0 Å². The molecule has 0 spiro atoms. The first-order valence-electron chi connectivity index (χ1n) is 6.75. The van der Waals surface area contributed by atoms with Crippen LogP contribution >= 0.6 is 11.3 Å². The lowest BCUT2D eigenvalue weighted by Crippen LogP contribution is -2.40. The Morgan fingerprint density at radius 3 is 2.71 bits per heavy atom. The molecule has 0 aromatic carbocycles. The summed E-state index contributed by atoms with van der Waals surface area (Å²) in [5, 5.41) is 2.17. The van der Waals surface area contributed by atoms with Gasteiger partial charge in [0.15, 0.2) is 0 Å². The lowest BCUT2D eigenvalue weighted by atomic mass is 9.67. The Hall–Kier alpha value is -0.340. The van der Waals surface area contributed by atoms with E-state index in [4.69, 9.17) is 5.73 Å². The minimum atomic E-state index is 0.413. The second-order valence-electron chi connectivity index (χ2n) is 6.58. The Morgan fingerprint density at radius 1 is 1.35 bits per heavy atom. The monoisotopic (exact) mass is 251 g/mol. The van der Waals surface area contributed by atoms with E-state index in [9.17, 15) is 0 Å². The predicted molar refractivity (Wildman–Crippen MR) is 76.3 cm³/mol. The molecule has 3 unspecified atom stereocenters. The summed E-state index contributed by atoms with van der Waals surface area (Å²) >= 11 is 1.87. The van der Waals surface area contributed by atoms with E-state index in [-0.39, 0.29) is 0 Å². The predicted octanol–water partition coefficient (Wildman–Crippen LogP) is 4.08. The number of rotatable bonds is 2. The van der Waals surface area contributed by atoms with Crippen LogP contribution in [0, 0.1) is 17.3 Å². The molecule has 3 atom stereocenters. The summed E-state index contributed by atoms with van der Waals surface area (Å²) in [5.41, 5.74) is 6.74. The summed E-state index contributed by atoms with van der Waals surface area (Å²) in [4.78, 5) is 1.50. The molecule has 0 bridgehead atoms. The van der Waals surface area contributed by atoms with E-state index in [0.717, 1.165) is 5.92 Å². The van der Waals surface area contributed by atoms with Crippen molar-refractivity contribution >= 4 is 11.3 Å². The fourth-order valence-corrected chi connectivity index (χ4v) is 3.80. The van der Waals surface area contributed by atoms with Gasteiger partial charge >= 0.3 is 0 Å². The minimum absolute atomic E-state index is 0.413. The molecular formula is C15H25NS. The lowest BCUT2D eigenvalue weighted by Gasteiger charge is -2.40. The van der Waals surface area contributed by atoms with Crippen LogP contribution < -0.4 is 5.73 Å². The van der Waals surface area contributed by atoms with E-state index in [1.807, 2.05) is 11.3 Å². The molecular weight excluding hydrogens is 226 g/mol. The molecule has 1 aliphatic carbocycles. The van der Waals surface area contributed by atoms with Gasteiger partial charge in [-0.15, -0.1) is 11.3 Å². The highest BCUT2D eigenvalue weighted by molar-refractivity contribution is 7.09. The van der Waals surface area contributed by atoms with Crippen LogP contribution in [-0.4, -0.2) is 6.04 Å². The van der Waals surface area contributed by atoms with Crippen molar-refractivity contribution in [3.8, 4) is 0 Å². The largest absolute Gasteiger partial charge is 0.327 e. The first-order chi connectivity index (χ1) is 7.97. The molecule has 0 radical (unpaired) electrons. The van der Waals surface area contributed by atoms with Gasteiger partial charge in [0.1, 0.15) is 0 Å². The van der Waals surface area contributed by atoms with Gasteiger partial charge in [-0.1, -0.05) is 26.8 Å². The molecule has 1 aromatic heterocycles. The Bertz CT molecular complexity index is 336.